The molecule has 1 rings (SSSR count). The van der Waals surface area contributed by atoms with Gasteiger partial charge in [0.25, 0.3) is 0 Å². The molecule has 4 nitrogen and oxygen atoms in total. The molecule has 0 aromatic carbocycles. The molecule has 0 spiro atoms. The number of carbonyl (C=O) groups excluding carboxylic acids is 2. The summed E-state index contributed by atoms with van der Waals surface area (Å²) in [6, 6.07) is 0. The minimum absolute atomic E-state index is 0.174. The molecule has 0 saturated heterocycles. The van der Waals surface area contributed by atoms with Gasteiger partial charge in [-0.2, -0.15) is 0 Å². The Morgan fingerprint density at radius 2 is 1.29 bits per heavy atom. The Morgan fingerprint density at radius 3 is 1.65 bits per heavy atom. The molecule has 0 aromatic heterocycles. The van der Waals surface area contributed by atoms with E-state index in [-0.39, 0.29) is 23.8 Å². The van der Waals surface area contributed by atoms with Crippen LogP contribution in [0.4, 0.5) is 0 Å². The topological polar surface area (TPSA) is 52.6 Å². The Balaban J connectivity index is 2.58. The average molecular weight is 242 g/mol. The van der Waals surface area contributed by atoms with E-state index in [1.807, 2.05) is 0 Å². The lowest BCUT2D eigenvalue weighted by atomic mass is 9.83. The third-order valence-electron chi connectivity index (χ3n) is 3.63. The van der Waals surface area contributed by atoms with Crippen molar-refractivity contribution >= 4 is 11.9 Å². The monoisotopic (exact) mass is 242 g/mol. The Morgan fingerprint density at radius 1 is 0.882 bits per heavy atom. The molecule has 17 heavy (non-hydrogen) atoms. The second-order valence-electron chi connectivity index (χ2n) is 4.72. The molecule has 0 bridgehead atoms. The van der Waals surface area contributed by atoms with Crippen LogP contribution in [0.25, 0.3) is 0 Å². The van der Waals surface area contributed by atoms with Crippen molar-refractivity contribution < 1.29 is 19.1 Å². The van der Waals surface area contributed by atoms with Gasteiger partial charge in [-0.3, -0.25) is 9.59 Å². The first-order chi connectivity index (χ1) is 8.17. The van der Waals surface area contributed by atoms with Gasteiger partial charge in [0.05, 0.1) is 14.2 Å². The SMILES string of the molecule is COC(=O)CC1CCCCCC1CC(=O)OC. The minimum atomic E-state index is -0.174. The van der Waals surface area contributed by atoms with Crippen LogP contribution in [-0.2, 0) is 19.1 Å². The lowest BCUT2D eigenvalue weighted by molar-refractivity contribution is -0.145. The van der Waals surface area contributed by atoms with Gasteiger partial charge in [0.2, 0.25) is 0 Å². The van der Waals surface area contributed by atoms with E-state index in [9.17, 15) is 9.59 Å². The van der Waals surface area contributed by atoms with Gasteiger partial charge in [-0.15, -0.1) is 0 Å². The smallest absolute Gasteiger partial charge is 0.305 e. The van der Waals surface area contributed by atoms with Crippen molar-refractivity contribution in [1.82, 2.24) is 0 Å². The second-order valence-corrected chi connectivity index (χ2v) is 4.72. The first kappa shape index (κ1) is 14.0. The number of hydrogen-bond acceptors (Lipinski definition) is 4. The van der Waals surface area contributed by atoms with Crippen LogP contribution in [0.5, 0.6) is 0 Å². The van der Waals surface area contributed by atoms with Crippen molar-refractivity contribution in [2.45, 2.75) is 44.9 Å². The highest BCUT2D eigenvalue weighted by Gasteiger charge is 2.28. The maximum absolute atomic E-state index is 11.4. The average Bonchev–Trinajstić information content (AvgIpc) is 2.55. The fraction of sp³-hybridized carbons (Fsp3) is 0.846. The molecule has 2 unspecified atom stereocenters. The van der Waals surface area contributed by atoms with Crippen LogP contribution in [0.3, 0.4) is 0 Å². The maximum atomic E-state index is 11.4. The predicted molar refractivity (Wildman–Crippen MR) is 63.3 cm³/mol. The predicted octanol–water partition coefficient (Wildman–Crippen LogP) is 2.31. The van der Waals surface area contributed by atoms with Crippen LogP contribution in [0.1, 0.15) is 44.9 Å². The Kier molecular flexibility index (Phi) is 6.01. The van der Waals surface area contributed by atoms with E-state index in [4.69, 9.17) is 9.47 Å². The van der Waals surface area contributed by atoms with Crippen LogP contribution in [0.15, 0.2) is 0 Å². The van der Waals surface area contributed by atoms with Crippen LogP contribution < -0.4 is 0 Å². The van der Waals surface area contributed by atoms with Gasteiger partial charge in [-0.1, -0.05) is 19.3 Å². The molecule has 1 aliphatic carbocycles. The summed E-state index contributed by atoms with van der Waals surface area (Å²) in [6.45, 7) is 0. The van der Waals surface area contributed by atoms with E-state index < -0.39 is 0 Å². The minimum Gasteiger partial charge on any atom is -0.469 e. The van der Waals surface area contributed by atoms with E-state index in [0.717, 1.165) is 25.7 Å². The van der Waals surface area contributed by atoms with Gasteiger partial charge in [-0.25, -0.2) is 0 Å². The molecule has 0 amide bonds. The molecule has 4 heteroatoms. The molecule has 98 valence electrons. The molecule has 1 aliphatic rings. The largest absolute Gasteiger partial charge is 0.469 e. The van der Waals surface area contributed by atoms with Gasteiger partial charge in [-0.05, 0) is 24.7 Å². The Labute approximate surface area is 103 Å². The second kappa shape index (κ2) is 7.30. The van der Waals surface area contributed by atoms with Crippen LogP contribution in [0.2, 0.25) is 0 Å². The van der Waals surface area contributed by atoms with Crippen molar-refractivity contribution in [3.63, 3.8) is 0 Å². The maximum Gasteiger partial charge on any atom is 0.305 e. The third-order valence-corrected chi connectivity index (χ3v) is 3.63. The zero-order valence-corrected chi connectivity index (χ0v) is 10.7. The third kappa shape index (κ3) is 4.75. The molecule has 0 N–H and O–H groups in total. The van der Waals surface area contributed by atoms with Crippen molar-refractivity contribution in [2.24, 2.45) is 11.8 Å². The van der Waals surface area contributed by atoms with Crippen LogP contribution in [0, 0.1) is 11.8 Å². The standard InChI is InChI=1S/C13H22O4/c1-16-12(14)8-10-6-4-3-5-7-11(10)9-13(15)17-2/h10-11H,3-9H2,1-2H3. The summed E-state index contributed by atoms with van der Waals surface area (Å²) in [4.78, 5) is 22.7. The van der Waals surface area contributed by atoms with E-state index in [1.165, 1.54) is 20.6 Å². The van der Waals surface area contributed by atoms with Gasteiger partial charge in [0, 0.05) is 12.8 Å². The summed E-state index contributed by atoms with van der Waals surface area (Å²) in [5.41, 5.74) is 0. The Hall–Kier alpha value is -1.06. The number of carbonyl (C=O) groups is 2. The molecular weight excluding hydrogens is 220 g/mol. The molecule has 1 saturated carbocycles. The van der Waals surface area contributed by atoms with Crippen LogP contribution in [-0.4, -0.2) is 26.2 Å². The molecule has 2 atom stereocenters. The first-order valence-corrected chi connectivity index (χ1v) is 6.31. The van der Waals surface area contributed by atoms with E-state index in [2.05, 4.69) is 0 Å². The fourth-order valence-electron chi connectivity index (χ4n) is 2.59. The molecular formula is C13H22O4. The van der Waals surface area contributed by atoms with Gasteiger partial charge < -0.3 is 9.47 Å². The van der Waals surface area contributed by atoms with E-state index in [0.29, 0.717) is 12.8 Å². The van der Waals surface area contributed by atoms with Crippen molar-refractivity contribution in [2.75, 3.05) is 14.2 Å². The van der Waals surface area contributed by atoms with Gasteiger partial charge >= 0.3 is 11.9 Å². The highest BCUT2D eigenvalue weighted by Crippen LogP contribution is 2.33. The van der Waals surface area contributed by atoms with Crippen molar-refractivity contribution in [3.8, 4) is 0 Å². The summed E-state index contributed by atoms with van der Waals surface area (Å²) in [5, 5.41) is 0. The fourth-order valence-corrected chi connectivity index (χ4v) is 2.59. The number of ether oxygens (including phenoxy) is 2. The molecule has 0 radical (unpaired) electrons. The lowest BCUT2D eigenvalue weighted by Crippen LogP contribution is -2.21. The van der Waals surface area contributed by atoms with Crippen LogP contribution >= 0.6 is 0 Å². The normalized spacial score (nSPS) is 24.8. The zero-order chi connectivity index (χ0) is 12.7. The summed E-state index contributed by atoms with van der Waals surface area (Å²) < 4.78 is 9.44. The Bertz CT molecular complexity index is 236. The molecule has 0 heterocycles. The number of rotatable bonds is 4. The number of hydrogen-bond donors (Lipinski definition) is 0. The van der Waals surface area contributed by atoms with E-state index >= 15 is 0 Å². The summed E-state index contributed by atoms with van der Waals surface area (Å²) >= 11 is 0. The highest BCUT2D eigenvalue weighted by molar-refractivity contribution is 5.71. The van der Waals surface area contributed by atoms with E-state index in [1.54, 1.807) is 0 Å². The lowest BCUT2D eigenvalue weighted by Gasteiger charge is -2.23. The molecule has 0 aromatic rings. The van der Waals surface area contributed by atoms with Gasteiger partial charge in [0.15, 0.2) is 0 Å². The molecule has 1 fully saturated rings. The van der Waals surface area contributed by atoms with Crippen molar-refractivity contribution in [3.05, 3.63) is 0 Å². The summed E-state index contributed by atoms with van der Waals surface area (Å²) in [6.07, 6.45) is 6.35. The van der Waals surface area contributed by atoms with Crippen molar-refractivity contribution in [1.29, 1.82) is 0 Å². The van der Waals surface area contributed by atoms with Gasteiger partial charge in [0.1, 0.15) is 0 Å². The quantitative estimate of drug-likeness (QED) is 0.560. The summed E-state index contributed by atoms with van der Waals surface area (Å²) in [7, 11) is 2.82. The highest BCUT2D eigenvalue weighted by atomic mass is 16.5. The number of esters is 2. The number of methoxy groups -OCH3 is 2. The zero-order valence-electron chi connectivity index (χ0n) is 10.7. The summed E-state index contributed by atoms with van der Waals surface area (Å²) in [5.74, 6) is 0.187. The first-order valence-electron chi connectivity index (χ1n) is 6.31. The molecule has 0 aliphatic heterocycles.